The smallest absolute Gasteiger partial charge is 0.143 e. The molecule has 51 heavy (non-hydrogen) atoms. The molecule has 0 fully saturated rings. The van der Waals surface area contributed by atoms with Gasteiger partial charge in [-0.1, -0.05) is 109 Å². The number of benzene rings is 9. The average Bonchev–Trinajstić information content (AvgIpc) is 3.76. The van der Waals surface area contributed by atoms with E-state index < -0.39 is 0 Å². The lowest BCUT2D eigenvalue weighted by Gasteiger charge is -2.25. The van der Waals surface area contributed by atoms with Gasteiger partial charge < -0.3 is 9.32 Å². The fourth-order valence-corrected chi connectivity index (χ4v) is 9.14. The van der Waals surface area contributed by atoms with E-state index in [1.165, 1.54) is 58.2 Å². The largest absolute Gasteiger partial charge is 0.455 e. The summed E-state index contributed by atoms with van der Waals surface area (Å²) in [5.41, 5.74) is 7.57. The molecule has 11 aromatic rings. The van der Waals surface area contributed by atoms with Crippen LogP contribution < -0.4 is 4.90 Å². The third-order valence-corrected chi connectivity index (χ3v) is 11.5. The van der Waals surface area contributed by atoms with Gasteiger partial charge in [-0.15, -0.1) is 11.3 Å². The van der Waals surface area contributed by atoms with Crippen LogP contribution in [-0.4, -0.2) is 0 Å². The summed E-state index contributed by atoms with van der Waals surface area (Å²) in [4.78, 5) is 2.34. The van der Waals surface area contributed by atoms with Crippen LogP contribution >= 0.6 is 11.3 Å². The van der Waals surface area contributed by atoms with Gasteiger partial charge in [0.25, 0.3) is 0 Å². The third kappa shape index (κ3) is 4.42. The first-order valence-corrected chi connectivity index (χ1v) is 18.1. The van der Waals surface area contributed by atoms with E-state index in [0.29, 0.717) is 0 Å². The molecule has 238 valence electrons. The molecular weight excluding hydrogens is 639 g/mol. The second-order valence-corrected chi connectivity index (χ2v) is 14.4. The highest BCUT2D eigenvalue weighted by molar-refractivity contribution is 7.26. The van der Waals surface area contributed by atoms with Gasteiger partial charge in [-0.05, 0) is 98.7 Å². The van der Waals surface area contributed by atoms with Crippen LogP contribution in [0.4, 0.5) is 17.1 Å². The SMILES string of the molecule is c1ccc(N(c2ccc3c(c2)oc2c4ccccc4ccc32)c2ccc3sc4cccc(-c5ccc6c(ccc7ccccc76)c5)c4c3c2)cc1. The average molecular weight is 668 g/mol. The first kappa shape index (κ1) is 28.4. The molecule has 0 atom stereocenters. The molecule has 0 N–H and O–H groups in total. The predicted molar refractivity (Wildman–Crippen MR) is 219 cm³/mol. The van der Waals surface area contributed by atoms with Crippen molar-refractivity contribution in [3.8, 4) is 11.1 Å². The molecule has 0 bridgehead atoms. The number of hydrogen-bond acceptors (Lipinski definition) is 3. The maximum Gasteiger partial charge on any atom is 0.143 e. The van der Waals surface area contributed by atoms with Crippen molar-refractivity contribution in [2.24, 2.45) is 0 Å². The monoisotopic (exact) mass is 667 g/mol. The molecule has 0 unspecified atom stereocenters. The molecule has 0 spiro atoms. The Bertz CT molecular complexity index is 3150. The minimum atomic E-state index is 0.883. The molecule has 11 rings (SSSR count). The molecule has 0 radical (unpaired) electrons. The molecule has 0 saturated heterocycles. The van der Waals surface area contributed by atoms with Gasteiger partial charge in [0.1, 0.15) is 11.2 Å². The van der Waals surface area contributed by atoms with Gasteiger partial charge in [0.15, 0.2) is 0 Å². The van der Waals surface area contributed by atoms with Crippen molar-refractivity contribution in [1.29, 1.82) is 0 Å². The summed E-state index contributed by atoms with van der Waals surface area (Å²) in [6.07, 6.45) is 0. The van der Waals surface area contributed by atoms with Gasteiger partial charge in [-0.2, -0.15) is 0 Å². The number of rotatable bonds is 4. The quantitative estimate of drug-likeness (QED) is 0.174. The molecule has 0 aliphatic rings. The lowest BCUT2D eigenvalue weighted by molar-refractivity contribution is 0.672. The topological polar surface area (TPSA) is 16.4 Å². The van der Waals surface area contributed by atoms with E-state index in [1.54, 1.807) is 0 Å². The second kappa shape index (κ2) is 11.0. The van der Waals surface area contributed by atoms with Crippen LogP contribution in [-0.2, 0) is 0 Å². The Morgan fingerprint density at radius 1 is 0.392 bits per heavy atom. The summed E-state index contributed by atoms with van der Waals surface area (Å²) in [6, 6.07) is 63.8. The van der Waals surface area contributed by atoms with E-state index >= 15 is 0 Å². The summed E-state index contributed by atoms with van der Waals surface area (Å²) >= 11 is 1.86. The van der Waals surface area contributed by atoms with E-state index in [4.69, 9.17) is 4.42 Å². The maximum atomic E-state index is 6.64. The van der Waals surface area contributed by atoms with E-state index in [9.17, 15) is 0 Å². The zero-order valence-electron chi connectivity index (χ0n) is 27.5. The fraction of sp³-hybridized carbons (Fsp3) is 0. The first-order chi connectivity index (χ1) is 25.3. The number of fused-ring (bicyclic) bond motifs is 11. The highest BCUT2D eigenvalue weighted by Crippen LogP contribution is 2.45. The van der Waals surface area contributed by atoms with Crippen LogP contribution in [0.3, 0.4) is 0 Å². The van der Waals surface area contributed by atoms with Crippen LogP contribution in [0.2, 0.25) is 0 Å². The zero-order chi connectivity index (χ0) is 33.5. The molecule has 0 saturated carbocycles. The van der Waals surface area contributed by atoms with Crippen molar-refractivity contribution in [3.05, 3.63) is 176 Å². The van der Waals surface area contributed by atoms with Crippen molar-refractivity contribution >= 4 is 103 Å². The van der Waals surface area contributed by atoms with Crippen LogP contribution in [0.25, 0.3) is 85.6 Å². The standard InChI is InChI=1S/C48H29NOS/c1-2-11-34(12-3-1)49(36-21-25-41-42-24-19-31-10-5-7-14-40(31)48(42)50-44(41)29-36)35-22-26-45-43(28-35)47-39(15-8-16-46(47)51-45)33-20-23-38-32(27-33)18-17-30-9-4-6-13-37(30)38/h1-29H. The summed E-state index contributed by atoms with van der Waals surface area (Å²) in [7, 11) is 0. The number of anilines is 3. The molecule has 0 amide bonds. The molecular formula is C48H29NOS. The second-order valence-electron chi connectivity index (χ2n) is 13.3. The third-order valence-electron chi connectivity index (χ3n) is 10.4. The summed E-state index contributed by atoms with van der Waals surface area (Å²) < 4.78 is 9.21. The highest BCUT2D eigenvalue weighted by atomic mass is 32.1. The lowest BCUT2D eigenvalue weighted by Crippen LogP contribution is -2.09. The summed E-state index contributed by atoms with van der Waals surface area (Å²) in [6.45, 7) is 0. The zero-order valence-corrected chi connectivity index (χ0v) is 28.3. The number of para-hydroxylation sites is 1. The van der Waals surface area contributed by atoms with Crippen LogP contribution in [0.5, 0.6) is 0 Å². The van der Waals surface area contributed by atoms with E-state index in [1.807, 2.05) is 11.3 Å². The minimum absolute atomic E-state index is 0.883. The van der Waals surface area contributed by atoms with Gasteiger partial charge in [0.05, 0.1) is 0 Å². The Balaban J connectivity index is 1.10. The van der Waals surface area contributed by atoms with Gasteiger partial charge >= 0.3 is 0 Å². The van der Waals surface area contributed by atoms with Gasteiger partial charge in [0, 0.05) is 59.5 Å². The number of nitrogens with zero attached hydrogens (tertiary/aromatic N) is 1. The van der Waals surface area contributed by atoms with Crippen molar-refractivity contribution in [2.45, 2.75) is 0 Å². The molecule has 2 nitrogen and oxygen atoms in total. The number of hydrogen-bond donors (Lipinski definition) is 0. The van der Waals surface area contributed by atoms with Gasteiger partial charge in [-0.25, -0.2) is 0 Å². The Hall–Kier alpha value is -6.42. The molecule has 9 aromatic carbocycles. The molecule has 2 aromatic heterocycles. The molecule has 0 aliphatic carbocycles. The molecule has 2 heterocycles. The lowest BCUT2D eigenvalue weighted by atomic mass is 9.95. The van der Waals surface area contributed by atoms with Crippen LogP contribution in [0, 0.1) is 0 Å². The normalized spacial score (nSPS) is 11.9. The first-order valence-electron chi connectivity index (χ1n) is 17.3. The Kier molecular flexibility index (Phi) is 6.16. The van der Waals surface area contributed by atoms with Gasteiger partial charge in [-0.3, -0.25) is 0 Å². The number of furan rings is 1. The Morgan fingerprint density at radius 2 is 1.08 bits per heavy atom. The minimum Gasteiger partial charge on any atom is -0.455 e. The fourth-order valence-electron chi connectivity index (χ4n) is 8.03. The van der Waals surface area contributed by atoms with E-state index in [2.05, 4.69) is 181 Å². The van der Waals surface area contributed by atoms with Gasteiger partial charge in [0.2, 0.25) is 0 Å². The van der Waals surface area contributed by atoms with Crippen molar-refractivity contribution in [3.63, 3.8) is 0 Å². The van der Waals surface area contributed by atoms with Crippen LogP contribution in [0.15, 0.2) is 180 Å². The van der Waals surface area contributed by atoms with E-state index in [-0.39, 0.29) is 0 Å². The highest BCUT2D eigenvalue weighted by Gasteiger charge is 2.19. The summed E-state index contributed by atoms with van der Waals surface area (Å²) in [5, 5.41) is 12.3. The summed E-state index contributed by atoms with van der Waals surface area (Å²) in [5.74, 6) is 0. The number of thiophene rings is 1. The van der Waals surface area contributed by atoms with Crippen molar-refractivity contribution in [2.75, 3.05) is 4.90 Å². The maximum absolute atomic E-state index is 6.64. The molecule has 3 heteroatoms. The van der Waals surface area contributed by atoms with Crippen molar-refractivity contribution in [1.82, 2.24) is 0 Å². The molecule has 0 aliphatic heterocycles. The van der Waals surface area contributed by atoms with Crippen molar-refractivity contribution < 1.29 is 4.42 Å². The predicted octanol–water partition coefficient (Wildman–Crippen LogP) is 14.6. The Morgan fingerprint density at radius 3 is 1.98 bits per heavy atom. The van der Waals surface area contributed by atoms with Crippen LogP contribution in [0.1, 0.15) is 0 Å². The van der Waals surface area contributed by atoms with E-state index in [0.717, 1.165) is 44.4 Å². The Labute approximate surface area is 298 Å².